The van der Waals surface area contributed by atoms with Crippen LogP contribution in [-0.4, -0.2) is 58.3 Å². The Balaban J connectivity index is 1.85. The Morgan fingerprint density at radius 3 is 2.65 bits per heavy atom. The minimum Gasteiger partial charge on any atom is -0.342 e. The summed E-state index contributed by atoms with van der Waals surface area (Å²) in [6.45, 7) is 1.80. The average Bonchev–Trinajstić information content (AvgIpc) is 3.00. The number of nitrogens with zero attached hydrogens (tertiary/aromatic N) is 3. The lowest BCUT2D eigenvalue weighted by Crippen LogP contribution is -2.48. The van der Waals surface area contributed by atoms with Crippen LogP contribution in [0.2, 0.25) is 4.34 Å². The van der Waals surface area contributed by atoms with Gasteiger partial charge in [-0.25, -0.2) is 4.79 Å². The summed E-state index contributed by atoms with van der Waals surface area (Å²) in [6, 6.07) is 5.05. The van der Waals surface area contributed by atoms with Crippen molar-refractivity contribution < 1.29 is 9.59 Å². The third-order valence-electron chi connectivity index (χ3n) is 3.55. The second-order valence-electron chi connectivity index (χ2n) is 5.02. The highest BCUT2D eigenvalue weighted by atomic mass is 35.5. The van der Waals surface area contributed by atoms with E-state index in [0.717, 1.165) is 11.3 Å². The maximum absolute atomic E-state index is 12.5. The van der Waals surface area contributed by atoms with E-state index in [9.17, 15) is 14.4 Å². The fraction of sp³-hybridized carbons (Fsp3) is 0.286. The van der Waals surface area contributed by atoms with Gasteiger partial charge < -0.3 is 14.8 Å². The van der Waals surface area contributed by atoms with Gasteiger partial charge >= 0.3 is 5.69 Å². The SMILES string of the molecule is O=CN1CCN(C(=O)c2cc(-c3ccc(Cl)s3)[nH]c(=O)n2)CC1. The van der Waals surface area contributed by atoms with Crippen molar-refractivity contribution in [2.75, 3.05) is 26.2 Å². The molecule has 0 aromatic carbocycles. The van der Waals surface area contributed by atoms with Gasteiger partial charge in [-0.15, -0.1) is 11.3 Å². The van der Waals surface area contributed by atoms with E-state index in [1.54, 1.807) is 28.0 Å². The zero-order valence-corrected chi connectivity index (χ0v) is 13.6. The van der Waals surface area contributed by atoms with E-state index < -0.39 is 5.69 Å². The molecule has 0 saturated carbocycles. The Hall–Kier alpha value is -2.19. The first-order valence-electron chi connectivity index (χ1n) is 6.92. The molecule has 3 heterocycles. The Kier molecular flexibility index (Phi) is 4.44. The molecule has 1 saturated heterocycles. The fourth-order valence-corrected chi connectivity index (χ4v) is 3.37. The second-order valence-corrected chi connectivity index (χ2v) is 6.74. The standard InChI is InChI=1S/C14H13ClN4O3S/c15-12-2-1-11(23-12)9-7-10(17-14(22)16-9)13(21)19-5-3-18(8-20)4-6-19/h1-2,7-8H,3-6H2,(H,16,17,22). The molecule has 0 radical (unpaired) electrons. The first-order valence-corrected chi connectivity index (χ1v) is 8.12. The molecule has 7 nitrogen and oxygen atoms in total. The predicted octanol–water partition coefficient (Wildman–Crippen LogP) is 1.07. The highest BCUT2D eigenvalue weighted by Crippen LogP contribution is 2.29. The quantitative estimate of drug-likeness (QED) is 0.837. The molecular weight excluding hydrogens is 340 g/mol. The number of carbonyl (C=O) groups excluding carboxylic acids is 2. The molecule has 1 aliphatic heterocycles. The number of hydrogen-bond acceptors (Lipinski definition) is 5. The van der Waals surface area contributed by atoms with Crippen LogP contribution in [0.3, 0.4) is 0 Å². The van der Waals surface area contributed by atoms with Gasteiger partial charge in [-0.2, -0.15) is 4.98 Å². The average molecular weight is 353 g/mol. The van der Waals surface area contributed by atoms with Crippen molar-refractivity contribution >= 4 is 35.3 Å². The molecule has 1 aliphatic rings. The Labute approximate surface area is 140 Å². The Morgan fingerprint density at radius 1 is 1.30 bits per heavy atom. The molecule has 120 valence electrons. The van der Waals surface area contributed by atoms with Crippen LogP contribution in [0.5, 0.6) is 0 Å². The van der Waals surface area contributed by atoms with Crippen molar-refractivity contribution in [3.63, 3.8) is 0 Å². The van der Waals surface area contributed by atoms with E-state index in [2.05, 4.69) is 9.97 Å². The van der Waals surface area contributed by atoms with Gasteiger partial charge in [-0.05, 0) is 18.2 Å². The van der Waals surface area contributed by atoms with Crippen LogP contribution in [0, 0.1) is 0 Å². The van der Waals surface area contributed by atoms with E-state index in [-0.39, 0.29) is 11.6 Å². The molecule has 2 aromatic rings. The number of halogens is 1. The lowest BCUT2D eigenvalue weighted by atomic mass is 10.2. The van der Waals surface area contributed by atoms with Gasteiger partial charge in [-0.1, -0.05) is 11.6 Å². The van der Waals surface area contributed by atoms with E-state index in [1.165, 1.54) is 11.3 Å². The summed E-state index contributed by atoms with van der Waals surface area (Å²) >= 11 is 7.21. The maximum Gasteiger partial charge on any atom is 0.346 e. The molecule has 9 heteroatoms. The highest BCUT2D eigenvalue weighted by molar-refractivity contribution is 7.19. The Bertz CT molecular complexity index is 795. The number of rotatable bonds is 3. The molecule has 0 bridgehead atoms. The molecule has 2 aromatic heterocycles. The van der Waals surface area contributed by atoms with Crippen LogP contribution in [0.25, 0.3) is 10.6 Å². The summed E-state index contributed by atoms with van der Waals surface area (Å²) in [5.41, 5.74) is 0.0199. The van der Waals surface area contributed by atoms with Crippen LogP contribution in [0.15, 0.2) is 23.0 Å². The number of amides is 2. The molecule has 1 N–H and O–H groups in total. The summed E-state index contributed by atoms with van der Waals surface area (Å²) < 4.78 is 0.593. The third-order valence-corrected chi connectivity index (χ3v) is 4.82. The van der Waals surface area contributed by atoms with Crippen LogP contribution >= 0.6 is 22.9 Å². The van der Waals surface area contributed by atoms with Crippen LogP contribution < -0.4 is 5.69 Å². The van der Waals surface area contributed by atoms with Crippen molar-refractivity contribution in [1.29, 1.82) is 0 Å². The molecule has 0 aliphatic carbocycles. The van der Waals surface area contributed by atoms with E-state index in [4.69, 9.17) is 11.6 Å². The topological polar surface area (TPSA) is 86.4 Å². The normalized spacial score (nSPS) is 14.8. The summed E-state index contributed by atoms with van der Waals surface area (Å²) in [7, 11) is 0. The summed E-state index contributed by atoms with van der Waals surface area (Å²) in [4.78, 5) is 45.3. The number of thiophene rings is 1. The molecular formula is C14H13ClN4O3S. The van der Waals surface area contributed by atoms with Gasteiger partial charge in [0.2, 0.25) is 6.41 Å². The first kappa shape index (κ1) is 15.7. The molecule has 2 amide bonds. The van der Waals surface area contributed by atoms with Crippen molar-refractivity contribution in [2.24, 2.45) is 0 Å². The minimum atomic E-state index is -0.582. The summed E-state index contributed by atoms with van der Waals surface area (Å²) in [5.74, 6) is -0.314. The largest absolute Gasteiger partial charge is 0.346 e. The monoisotopic (exact) mass is 352 g/mol. The van der Waals surface area contributed by atoms with Crippen molar-refractivity contribution in [3.8, 4) is 10.6 Å². The van der Waals surface area contributed by atoms with Crippen LogP contribution in [0.1, 0.15) is 10.5 Å². The Morgan fingerprint density at radius 2 is 2.04 bits per heavy atom. The van der Waals surface area contributed by atoms with Crippen molar-refractivity contribution in [2.45, 2.75) is 0 Å². The smallest absolute Gasteiger partial charge is 0.342 e. The van der Waals surface area contributed by atoms with E-state index in [0.29, 0.717) is 36.2 Å². The molecule has 3 rings (SSSR count). The number of nitrogens with one attached hydrogen (secondary N) is 1. The van der Waals surface area contributed by atoms with Gasteiger partial charge in [0.1, 0.15) is 5.69 Å². The van der Waals surface area contributed by atoms with Gasteiger partial charge in [0.15, 0.2) is 0 Å². The summed E-state index contributed by atoms with van der Waals surface area (Å²) in [6.07, 6.45) is 0.770. The van der Waals surface area contributed by atoms with Crippen LogP contribution in [-0.2, 0) is 4.79 Å². The lowest BCUT2D eigenvalue weighted by molar-refractivity contribution is -0.119. The zero-order valence-electron chi connectivity index (χ0n) is 12.0. The molecule has 1 fully saturated rings. The van der Waals surface area contributed by atoms with Crippen molar-refractivity contribution in [3.05, 3.63) is 38.7 Å². The molecule has 0 unspecified atom stereocenters. The predicted molar refractivity (Wildman–Crippen MR) is 86.7 cm³/mol. The minimum absolute atomic E-state index is 0.0906. The zero-order chi connectivity index (χ0) is 16.4. The van der Waals surface area contributed by atoms with Gasteiger partial charge in [0, 0.05) is 26.2 Å². The number of aromatic nitrogens is 2. The van der Waals surface area contributed by atoms with Gasteiger partial charge in [0.25, 0.3) is 5.91 Å². The van der Waals surface area contributed by atoms with Crippen molar-refractivity contribution in [1.82, 2.24) is 19.8 Å². The highest BCUT2D eigenvalue weighted by Gasteiger charge is 2.23. The van der Waals surface area contributed by atoms with Gasteiger partial charge in [0.05, 0.1) is 14.9 Å². The van der Waals surface area contributed by atoms with E-state index >= 15 is 0 Å². The lowest BCUT2D eigenvalue weighted by Gasteiger charge is -2.32. The van der Waals surface area contributed by atoms with Crippen LogP contribution in [0.4, 0.5) is 0 Å². The number of piperazine rings is 1. The maximum atomic E-state index is 12.5. The number of hydrogen-bond donors (Lipinski definition) is 1. The molecule has 23 heavy (non-hydrogen) atoms. The number of aromatic amines is 1. The third kappa shape index (κ3) is 3.43. The van der Waals surface area contributed by atoms with E-state index in [1.807, 2.05) is 0 Å². The number of carbonyl (C=O) groups is 2. The number of H-pyrrole nitrogens is 1. The summed E-state index contributed by atoms with van der Waals surface area (Å²) in [5, 5.41) is 0. The van der Waals surface area contributed by atoms with Gasteiger partial charge in [-0.3, -0.25) is 9.59 Å². The first-order chi connectivity index (χ1) is 11.1. The fourth-order valence-electron chi connectivity index (χ4n) is 2.35. The second kappa shape index (κ2) is 6.51. The molecule has 0 atom stereocenters. The molecule has 0 spiro atoms.